The molecular formula is C44H44ClN7O6S. The molecule has 3 atom stereocenters. The first-order valence-electron chi connectivity index (χ1n) is 20.1. The molecule has 3 N–H and O–H groups in total. The molecule has 59 heavy (non-hydrogen) atoms. The fourth-order valence-corrected chi connectivity index (χ4v) is 10.7. The molecule has 3 aromatic carbocycles. The largest absolute Gasteiger partial charge is 0.480 e. The number of nitriles is 1. The number of carbonyl (C=O) groups is 2. The summed E-state index contributed by atoms with van der Waals surface area (Å²) >= 11 is 7.25. The van der Waals surface area contributed by atoms with Crippen LogP contribution in [0.3, 0.4) is 0 Å². The van der Waals surface area contributed by atoms with Crippen molar-refractivity contribution < 1.29 is 27.2 Å². The standard InChI is InChI=1S/C44H44ClN7O6S/c1-24-29(5-3-6-30(24)36-22-48-37(44(50-36)57-2)21-47-20-27-9-14-40(53)49-27)32-7-4-8-33(41(32)45)39-18-26-17-34-31(35(19-46)42(26)58-39)12-13-38(34)52-16-15-25(23-52)43(54)51-59(55,56)28-10-11-28/h3-8,17-18,22,25,27-28,38,47H,9-16,20-21,23H2,1-2H3,(H,49,53)(H,51,54)/t25-,27+,38-/m1/s1. The number of benzene rings is 3. The van der Waals surface area contributed by atoms with Crippen LogP contribution in [0, 0.1) is 24.2 Å². The number of nitrogens with one attached hydrogen (secondary N) is 3. The maximum absolute atomic E-state index is 13.0. The Kier molecular flexibility index (Phi) is 10.4. The van der Waals surface area contributed by atoms with Gasteiger partial charge in [0.15, 0.2) is 5.58 Å². The molecule has 15 heteroatoms. The van der Waals surface area contributed by atoms with Crippen LogP contribution in [0.15, 0.2) is 59.1 Å². The van der Waals surface area contributed by atoms with Gasteiger partial charge in [0.25, 0.3) is 0 Å². The van der Waals surface area contributed by atoms with Crippen LogP contribution in [-0.2, 0) is 32.6 Å². The van der Waals surface area contributed by atoms with E-state index in [1.54, 1.807) is 13.3 Å². The van der Waals surface area contributed by atoms with E-state index in [9.17, 15) is 23.3 Å². The number of halogens is 1. The Morgan fingerprint density at radius 3 is 2.59 bits per heavy atom. The molecule has 2 aliphatic heterocycles. The number of fused-ring (bicyclic) bond motifs is 2. The molecule has 4 heterocycles. The highest BCUT2D eigenvalue weighted by Crippen LogP contribution is 2.46. The quantitative estimate of drug-likeness (QED) is 0.128. The minimum atomic E-state index is -3.60. The lowest BCUT2D eigenvalue weighted by Crippen LogP contribution is -2.38. The van der Waals surface area contributed by atoms with Crippen molar-refractivity contribution in [2.75, 3.05) is 26.7 Å². The van der Waals surface area contributed by atoms with Gasteiger partial charge in [-0.1, -0.05) is 41.9 Å². The summed E-state index contributed by atoms with van der Waals surface area (Å²) in [5.41, 5.74) is 8.59. The van der Waals surface area contributed by atoms with Gasteiger partial charge in [-0.25, -0.2) is 13.4 Å². The lowest BCUT2D eigenvalue weighted by Gasteiger charge is -2.25. The summed E-state index contributed by atoms with van der Waals surface area (Å²) in [6, 6.07) is 18.4. The number of methoxy groups -OCH3 is 1. The molecule has 0 spiro atoms. The van der Waals surface area contributed by atoms with Gasteiger partial charge in [0.2, 0.25) is 27.7 Å². The first-order chi connectivity index (χ1) is 28.5. The Bertz CT molecular complexity index is 2670. The zero-order chi connectivity index (χ0) is 41.0. The number of carbonyl (C=O) groups excluding carboxylic acids is 2. The van der Waals surface area contributed by atoms with Crippen LogP contribution in [0.4, 0.5) is 0 Å². The van der Waals surface area contributed by atoms with Gasteiger partial charge in [0.1, 0.15) is 17.5 Å². The van der Waals surface area contributed by atoms with E-state index in [0.717, 1.165) is 51.6 Å². The highest BCUT2D eigenvalue weighted by molar-refractivity contribution is 7.90. The van der Waals surface area contributed by atoms with E-state index in [0.29, 0.717) is 103 Å². The molecule has 2 aromatic heterocycles. The number of likely N-dealkylation sites (tertiary alicyclic amines) is 1. The Labute approximate surface area is 347 Å². The summed E-state index contributed by atoms with van der Waals surface area (Å²) in [7, 11) is -2.03. The molecule has 4 aliphatic rings. The van der Waals surface area contributed by atoms with E-state index in [-0.39, 0.29) is 18.0 Å². The third-order valence-electron chi connectivity index (χ3n) is 12.3. The molecule has 0 unspecified atom stereocenters. The topological polar surface area (TPSA) is 180 Å². The third-order valence-corrected chi connectivity index (χ3v) is 14.5. The average molecular weight is 834 g/mol. The molecule has 1 saturated carbocycles. The average Bonchev–Trinajstić information content (AvgIpc) is 3.49. The molecule has 13 nitrogen and oxygen atoms in total. The van der Waals surface area contributed by atoms with Crippen molar-refractivity contribution in [1.29, 1.82) is 5.26 Å². The number of amides is 2. The lowest BCUT2D eigenvalue weighted by atomic mass is 9.93. The van der Waals surface area contributed by atoms with Crippen LogP contribution in [0.25, 0.3) is 44.7 Å². The second-order valence-corrected chi connectivity index (χ2v) is 18.3. The predicted octanol–water partition coefficient (Wildman–Crippen LogP) is 6.35. The summed E-state index contributed by atoms with van der Waals surface area (Å²) in [6.45, 7) is 4.23. The van der Waals surface area contributed by atoms with Crippen LogP contribution >= 0.6 is 11.6 Å². The molecule has 2 saturated heterocycles. The first-order valence-corrected chi connectivity index (χ1v) is 22.0. The minimum absolute atomic E-state index is 0.00424. The Hall–Kier alpha value is -5.33. The SMILES string of the molecule is COc1nc(-c2cccc(-c3cccc(-c4cc5cc6c(c(C#N)c5o4)CC[C@H]6N4CC[C@@H](C(=O)NS(=O)(=O)C5CC5)C4)c3Cl)c2C)cnc1CNC[C@@H]1CCC(=O)N1. The Balaban J connectivity index is 0.963. The molecule has 304 valence electrons. The molecule has 0 bridgehead atoms. The highest BCUT2D eigenvalue weighted by atomic mass is 35.5. The van der Waals surface area contributed by atoms with Gasteiger partial charge in [0.05, 0.1) is 40.8 Å². The highest BCUT2D eigenvalue weighted by Gasteiger charge is 2.41. The van der Waals surface area contributed by atoms with Gasteiger partial charge in [-0.2, -0.15) is 5.26 Å². The van der Waals surface area contributed by atoms with E-state index in [1.807, 2.05) is 49.4 Å². The number of ether oxygens (including phenoxy) is 1. The normalized spacial score (nSPS) is 20.4. The zero-order valence-electron chi connectivity index (χ0n) is 32.8. The molecule has 3 fully saturated rings. The van der Waals surface area contributed by atoms with E-state index < -0.39 is 27.1 Å². The summed E-state index contributed by atoms with van der Waals surface area (Å²) in [5, 5.41) is 17.6. The fourth-order valence-electron chi connectivity index (χ4n) is 8.99. The van der Waals surface area contributed by atoms with E-state index in [4.69, 9.17) is 30.7 Å². The monoisotopic (exact) mass is 833 g/mol. The summed E-state index contributed by atoms with van der Waals surface area (Å²) in [5.74, 6) is 0.210. The molecule has 9 rings (SSSR count). The second kappa shape index (κ2) is 15.7. The van der Waals surface area contributed by atoms with Gasteiger partial charge in [-0.3, -0.25) is 24.2 Å². The number of rotatable bonds is 12. The van der Waals surface area contributed by atoms with Crippen LogP contribution in [0.2, 0.25) is 5.02 Å². The maximum atomic E-state index is 13.0. The summed E-state index contributed by atoms with van der Waals surface area (Å²) < 4.78 is 39.3. The summed E-state index contributed by atoms with van der Waals surface area (Å²) in [4.78, 5) is 36.3. The molecule has 5 aromatic rings. The van der Waals surface area contributed by atoms with Gasteiger partial charge in [0, 0.05) is 60.2 Å². The second-order valence-electron chi connectivity index (χ2n) is 16.0. The van der Waals surface area contributed by atoms with Gasteiger partial charge < -0.3 is 19.8 Å². The molecule has 0 radical (unpaired) electrons. The van der Waals surface area contributed by atoms with Gasteiger partial charge in [-0.15, -0.1) is 0 Å². The van der Waals surface area contributed by atoms with Gasteiger partial charge in [-0.05, 0) is 92.4 Å². The maximum Gasteiger partial charge on any atom is 0.237 e. The van der Waals surface area contributed by atoms with Crippen molar-refractivity contribution in [3.8, 4) is 45.7 Å². The van der Waals surface area contributed by atoms with E-state index in [1.165, 1.54) is 0 Å². The number of hydrogen-bond donors (Lipinski definition) is 3. The van der Waals surface area contributed by atoms with Crippen molar-refractivity contribution in [2.45, 2.75) is 75.7 Å². The third kappa shape index (κ3) is 7.46. The Morgan fingerprint density at radius 1 is 1.07 bits per heavy atom. The number of sulfonamides is 1. The van der Waals surface area contributed by atoms with Crippen molar-refractivity contribution >= 4 is 44.4 Å². The number of nitrogens with zero attached hydrogens (tertiary/aromatic N) is 4. The van der Waals surface area contributed by atoms with Crippen molar-refractivity contribution in [3.05, 3.63) is 87.7 Å². The number of furan rings is 1. The smallest absolute Gasteiger partial charge is 0.237 e. The number of aromatic nitrogens is 2. The van der Waals surface area contributed by atoms with Crippen molar-refractivity contribution in [1.82, 2.24) is 30.2 Å². The van der Waals surface area contributed by atoms with Gasteiger partial charge >= 0.3 is 0 Å². The molecule has 2 aliphatic carbocycles. The Morgan fingerprint density at radius 2 is 1.85 bits per heavy atom. The van der Waals surface area contributed by atoms with E-state index >= 15 is 0 Å². The molecule has 2 amide bonds. The minimum Gasteiger partial charge on any atom is -0.480 e. The summed E-state index contributed by atoms with van der Waals surface area (Å²) in [6.07, 6.45) is 6.37. The lowest BCUT2D eigenvalue weighted by molar-refractivity contribution is -0.123. The fraction of sp³-hybridized carbons (Fsp3) is 0.386. The zero-order valence-corrected chi connectivity index (χ0v) is 34.4. The van der Waals surface area contributed by atoms with Crippen molar-refractivity contribution in [3.63, 3.8) is 0 Å². The van der Waals surface area contributed by atoms with Crippen LogP contribution in [0.5, 0.6) is 5.88 Å². The van der Waals surface area contributed by atoms with Crippen LogP contribution in [0.1, 0.15) is 72.5 Å². The number of hydrogen-bond acceptors (Lipinski definition) is 11. The predicted molar refractivity (Wildman–Crippen MR) is 223 cm³/mol. The first kappa shape index (κ1) is 39.1. The van der Waals surface area contributed by atoms with E-state index in [2.05, 4.69) is 32.4 Å². The van der Waals surface area contributed by atoms with Crippen LogP contribution in [-0.4, -0.2) is 73.1 Å². The van der Waals surface area contributed by atoms with Crippen molar-refractivity contribution in [2.24, 2.45) is 5.92 Å². The molecular weight excluding hydrogens is 790 g/mol. The van der Waals surface area contributed by atoms with Crippen LogP contribution < -0.4 is 20.1 Å².